The van der Waals surface area contributed by atoms with Gasteiger partial charge in [0.2, 0.25) is 0 Å². The molecule has 104 valence electrons. The Morgan fingerprint density at radius 1 is 1.20 bits per heavy atom. The molecule has 2 heterocycles. The molecule has 20 heavy (non-hydrogen) atoms. The Balaban J connectivity index is 2.25. The van der Waals surface area contributed by atoms with Crippen molar-refractivity contribution in [1.29, 1.82) is 0 Å². The first kappa shape index (κ1) is 14.4. The Bertz CT molecular complexity index is 640. The van der Waals surface area contributed by atoms with E-state index in [0.717, 1.165) is 28.5 Å². The minimum atomic E-state index is 0.388. The maximum Gasteiger partial charge on any atom is 0.129 e. The van der Waals surface area contributed by atoms with Gasteiger partial charge < -0.3 is 10.6 Å². The molecule has 2 aromatic heterocycles. The normalized spacial score (nSPS) is 10.3. The second kappa shape index (κ2) is 5.96. The first-order valence-electron chi connectivity index (χ1n) is 6.38. The van der Waals surface area contributed by atoms with E-state index < -0.39 is 0 Å². The number of nitrogens with zero attached hydrogens (tertiary/aromatic N) is 3. The largest absolute Gasteiger partial charge is 0.389 e. The quantitative estimate of drug-likeness (QED) is 0.875. The van der Waals surface area contributed by atoms with Crippen LogP contribution in [0.4, 0.5) is 5.82 Å². The molecule has 2 aromatic rings. The molecule has 2 N–H and O–H groups in total. The van der Waals surface area contributed by atoms with Crippen molar-refractivity contribution in [3.05, 3.63) is 53.0 Å². The van der Waals surface area contributed by atoms with Crippen molar-refractivity contribution in [3.63, 3.8) is 0 Å². The van der Waals surface area contributed by atoms with Crippen LogP contribution in [0.1, 0.15) is 22.6 Å². The van der Waals surface area contributed by atoms with Crippen LogP contribution >= 0.6 is 12.2 Å². The minimum absolute atomic E-state index is 0.388. The summed E-state index contributed by atoms with van der Waals surface area (Å²) in [4.78, 5) is 11.4. The lowest BCUT2D eigenvalue weighted by molar-refractivity contribution is 0.855. The van der Waals surface area contributed by atoms with Gasteiger partial charge in [-0.3, -0.25) is 4.98 Å². The average molecular weight is 286 g/mol. The molecule has 0 aliphatic heterocycles. The summed E-state index contributed by atoms with van der Waals surface area (Å²) in [7, 11) is 1.98. The van der Waals surface area contributed by atoms with Crippen molar-refractivity contribution in [1.82, 2.24) is 9.97 Å². The van der Waals surface area contributed by atoms with Crippen LogP contribution in [-0.4, -0.2) is 22.0 Å². The predicted molar refractivity (Wildman–Crippen MR) is 85.9 cm³/mol. The Hall–Kier alpha value is -2.01. The summed E-state index contributed by atoms with van der Waals surface area (Å²) in [5.74, 6) is 0.844. The predicted octanol–water partition coefficient (Wildman–Crippen LogP) is 2.36. The third-order valence-electron chi connectivity index (χ3n) is 2.96. The number of hydrogen-bond acceptors (Lipinski definition) is 4. The van der Waals surface area contributed by atoms with Gasteiger partial charge in [-0.15, -0.1) is 0 Å². The van der Waals surface area contributed by atoms with Gasteiger partial charge in [0.15, 0.2) is 0 Å². The molecule has 5 heteroatoms. The van der Waals surface area contributed by atoms with E-state index >= 15 is 0 Å². The van der Waals surface area contributed by atoms with Gasteiger partial charge in [-0.2, -0.15) is 0 Å². The average Bonchev–Trinajstić information content (AvgIpc) is 2.37. The highest BCUT2D eigenvalue weighted by atomic mass is 32.1. The Labute approximate surface area is 124 Å². The topological polar surface area (TPSA) is 55.0 Å². The fourth-order valence-electron chi connectivity index (χ4n) is 2.00. The van der Waals surface area contributed by atoms with Gasteiger partial charge in [0.05, 0.1) is 12.2 Å². The van der Waals surface area contributed by atoms with Crippen LogP contribution in [-0.2, 0) is 6.54 Å². The van der Waals surface area contributed by atoms with Crippen molar-refractivity contribution in [2.24, 2.45) is 5.73 Å². The molecule has 0 aromatic carbocycles. The van der Waals surface area contributed by atoms with E-state index in [9.17, 15) is 0 Å². The van der Waals surface area contributed by atoms with Crippen molar-refractivity contribution in [2.45, 2.75) is 20.4 Å². The molecule has 0 spiro atoms. The summed E-state index contributed by atoms with van der Waals surface area (Å²) >= 11 is 5.03. The summed E-state index contributed by atoms with van der Waals surface area (Å²) in [6, 6.07) is 9.80. The van der Waals surface area contributed by atoms with E-state index in [4.69, 9.17) is 18.0 Å². The molecule has 0 saturated carbocycles. The molecule has 0 fully saturated rings. The lowest BCUT2D eigenvalue weighted by Crippen LogP contribution is -2.20. The highest BCUT2D eigenvalue weighted by Gasteiger charge is 2.08. The Kier molecular flexibility index (Phi) is 4.29. The number of rotatable bonds is 4. The zero-order chi connectivity index (χ0) is 14.7. The van der Waals surface area contributed by atoms with Gasteiger partial charge in [-0.05, 0) is 38.1 Å². The van der Waals surface area contributed by atoms with Gasteiger partial charge in [0.1, 0.15) is 10.8 Å². The summed E-state index contributed by atoms with van der Waals surface area (Å²) in [6.07, 6.45) is 0. The number of thiocarbonyl (C=S) groups is 1. The van der Waals surface area contributed by atoms with Crippen molar-refractivity contribution in [3.8, 4) is 0 Å². The number of pyridine rings is 2. The maximum atomic E-state index is 5.70. The summed E-state index contributed by atoms with van der Waals surface area (Å²) < 4.78 is 0. The zero-order valence-corrected chi connectivity index (χ0v) is 12.7. The molecule has 0 unspecified atom stereocenters. The summed E-state index contributed by atoms with van der Waals surface area (Å²) in [6.45, 7) is 4.61. The van der Waals surface area contributed by atoms with Crippen LogP contribution in [0.5, 0.6) is 0 Å². The van der Waals surface area contributed by atoms with Crippen LogP contribution in [0.2, 0.25) is 0 Å². The van der Waals surface area contributed by atoms with E-state index in [1.165, 1.54) is 0 Å². The fourth-order valence-corrected chi connectivity index (χ4v) is 2.12. The number of aryl methyl sites for hydroxylation is 2. The van der Waals surface area contributed by atoms with Gasteiger partial charge in [0, 0.05) is 24.0 Å². The summed E-state index contributed by atoms with van der Waals surface area (Å²) in [5, 5.41) is 0. The number of aromatic nitrogens is 2. The second-order valence-corrected chi connectivity index (χ2v) is 5.29. The lowest BCUT2D eigenvalue weighted by Gasteiger charge is -2.19. The maximum absolute atomic E-state index is 5.70. The first-order valence-corrected chi connectivity index (χ1v) is 6.78. The van der Waals surface area contributed by atoms with Crippen molar-refractivity contribution >= 4 is 23.0 Å². The van der Waals surface area contributed by atoms with Gasteiger partial charge in [-0.25, -0.2) is 4.98 Å². The van der Waals surface area contributed by atoms with E-state index in [0.29, 0.717) is 11.5 Å². The molecule has 0 amide bonds. The van der Waals surface area contributed by atoms with Crippen LogP contribution in [0.15, 0.2) is 30.3 Å². The highest BCUT2D eigenvalue weighted by molar-refractivity contribution is 7.80. The van der Waals surface area contributed by atoms with Gasteiger partial charge >= 0.3 is 0 Å². The molecule has 0 aliphatic carbocycles. The van der Waals surface area contributed by atoms with Crippen molar-refractivity contribution in [2.75, 3.05) is 11.9 Å². The van der Waals surface area contributed by atoms with Crippen LogP contribution < -0.4 is 10.6 Å². The minimum Gasteiger partial charge on any atom is -0.389 e. The second-order valence-electron chi connectivity index (χ2n) is 4.85. The number of nitrogens with two attached hydrogens (primary N) is 1. The Morgan fingerprint density at radius 3 is 2.60 bits per heavy atom. The van der Waals surface area contributed by atoms with Crippen LogP contribution in [0.3, 0.4) is 0 Å². The Morgan fingerprint density at radius 2 is 1.95 bits per heavy atom. The summed E-state index contributed by atoms with van der Waals surface area (Å²) in [5.41, 5.74) is 9.45. The van der Waals surface area contributed by atoms with Gasteiger partial charge in [-0.1, -0.05) is 18.3 Å². The third kappa shape index (κ3) is 3.51. The van der Waals surface area contributed by atoms with E-state index in [-0.39, 0.29) is 0 Å². The lowest BCUT2D eigenvalue weighted by atomic mass is 10.2. The van der Waals surface area contributed by atoms with E-state index in [2.05, 4.69) is 9.97 Å². The smallest absolute Gasteiger partial charge is 0.129 e. The van der Waals surface area contributed by atoms with Crippen LogP contribution in [0, 0.1) is 13.8 Å². The molecule has 4 nitrogen and oxygen atoms in total. The number of hydrogen-bond donors (Lipinski definition) is 1. The zero-order valence-electron chi connectivity index (χ0n) is 11.9. The number of anilines is 1. The highest BCUT2D eigenvalue weighted by Crippen LogP contribution is 2.16. The molecule has 0 atom stereocenters. The van der Waals surface area contributed by atoms with E-state index in [1.807, 2.05) is 56.1 Å². The molecule has 0 radical (unpaired) electrons. The van der Waals surface area contributed by atoms with Crippen LogP contribution in [0.25, 0.3) is 0 Å². The standard InChI is InChI=1S/C15H18N4S/c1-10-5-4-6-13(17-10)9-19(3)14-8-12(15(16)20)7-11(2)18-14/h4-8H,9H2,1-3H3,(H2,16,20). The molecule has 0 aliphatic rings. The molecule has 0 saturated heterocycles. The SMILES string of the molecule is Cc1cccc(CN(C)c2cc(C(N)=S)cc(C)n2)n1. The molecular formula is C15H18N4S. The van der Waals surface area contributed by atoms with E-state index in [1.54, 1.807) is 0 Å². The monoisotopic (exact) mass is 286 g/mol. The molecule has 0 bridgehead atoms. The third-order valence-corrected chi connectivity index (χ3v) is 3.20. The molecule has 2 rings (SSSR count). The fraction of sp³-hybridized carbons (Fsp3) is 0.267. The van der Waals surface area contributed by atoms with Gasteiger partial charge in [0.25, 0.3) is 0 Å². The first-order chi connectivity index (χ1) is 9.45. The van der Waals surface area contributed by atoms with Crippen molar-refractivity contribution < 1.29 is 0 Å². The molecular weight excluding hydrogens is 268 g/mol.